The van der Waals surface area contributed by atoms with Crippen LogP contribution in [0, 0.1) is 0 Å². The third-order valence-electron chi connectivity index (χ3n) is 11.7. The minimum atomic E-state index is -1.07. The number of aromatic nitrogens is 3. The molecule has 4 aliphatic heterocycles. The van der Waals surface area contributed by atoms with Crippen molar-refractivity contribution >= 4 is 5.97 Å². The molecule has 9 heterocycles. The lowest BCUT2D eigenvalue weighted by molar-refractivity contribution is -0.171. The van der Waals surface area contributed by atoms with Crippen LogP contribution in [0.4, 0.5) is 0 Å². The van der Waals surface area contributed by atoms with Crippen LogP contribution in [0.1, 0.15) is 77.5 Å². The van der Waals surface area contributed by atoms with Gasteiger partial charge in [0.05, 0.1) is 57.8 Å². The first-order valence-corrected chi connectivity index (χ1v) is 26.1. The molecule has 0 amide bonds. The Hall–Kier alpha value is -8.08. The number of aliphatic hydroxyl groups excluding tert-OH is 4. The quantitative estimate of drug-likeness (QED) is 0.0705. The Kier molecular flexibility index (Phi) is 26.4. The number of methoxy groups -OCH3 is 1. The van der Waals surface area contributed by atoms with E-state index in [1.54, 1.807) is 25.6 Å². The molecule has 5 aromatic heterocycles. The zero-order chi connectivity index (χ0) is 58.5. The molecule has 4 aliphatic rings. The van der Waals surface area contributed by atoms with Crippen LogP contribution >= 0.6 is 0 Å². The van der Waals surface area contributed by atoms with Crippen molar-refractivity contribution in [3.63, 3.8) is 0 Å². The van der Waals surface area contributed by atoms with Gasteiger partial charge in [-0.1, -0.05) is 12.1 Å². The lowest BCUT2D eigenvalue weighted by Gasteiger charge is -2.24. The average molecular weight is 1150 g/mol. The van der Waals surface area contributed by atoms with Crippen LogP contribution in [0.2, 0.25) is 0 Å². The van der Waals surface area contributed by atoms with Crippen molar-refractivity contribution in [2.45, 2.75) is 84.1 Å². The summed E-state index contributed by atoms with van der Waals surface area (Å²) >= 11 is 0. The van der Waals surface area contributed by atoms with Gasteiger partial charge in [0.2, 0.25) is 22.0 Å². The summed E-state index contributed by atoms with van der Waals surface area (Å²) in [6.45, 7) is 3.89. The average Bonchev–Trinajstić information content (AvgIpc) is 3.65. The van der Waals surface area contributed by atoms with E-state index in [1.165, 1.54) is 30.7 Å². The van der Waals surface area contributed by atoms with Gasteiger partial charge in [0, 0.05) is 55.8 Å². The van der Waals surface area contributed by atoms with Gasteiger partial charge in [0.25, 0.3) is 0 Å². The monoisotopic (exact) mass is 1150 g/mol. The predicted octanol–water partition coefficient (Wildman–Crippen LogP) is 4.11. The van der Waals surface area contributed by atoms with E-state index in [0.29, 0.717) is 80.6 Å². The predicted molar refractivity (Wildman–Crippen MR) is 286 cm³/mol. The summed E-state index contributed by atoms with van der Waals surface area (Å²) < 4.78 is 70.7. The van der Waals surface area contributed by atoms with Crippen molar-refractivity contribution in [3.05, 3.63) is 151 Å². The number of carboxylic acid groups (broad SMARTS) is 1. The van der Waals surface area contributed by atoms with Crippen molar-refractivity contribution in [3.8, 4) is 46.0 Å². The molecule has 26 heteroatoms. The number of carbonyl (C=O) groups is 1. The Balaban J connectivity index is 0.000000174. The molecule has 2 fully saturated rings. The molecule has 0 spiro atoms. The Morgan fingerprint density at radius 1 is 0.634 bits per heavy atom. The number of carboxylic acids is 1. The molecule has 6 N–H and O–H groups in total. The summed E-state index contributed by atoms with van der Waals surface area (Å²) in [4.78, 5) is 52.8. The zero-order valence-electron chi connectivity index (χ0n) is 45.1. The molecule has 0 saturated carbocycles. The molecule has 0 bridgehead atoms. The smallest absolute Gasteiger partial charge is 0.354 e. The van der Waals surface area contributed by atoms with Gasteiger partial charge in [-0.15, -0.1) is 0 Å². The molecule has 0 radical (unpaired) electrons. The third kappa shape index (κ3) is 20.8. The standard InChI is InChI=1S/C21H27NO6.C13H18O6.C8H7NO4.C8H9NO3.C6H6O4/c1-25-18-7-5-16(6-8-18)13-22-14-20(26-11-9-23)19(24)12-17(22)15-28-21-4-2-3-10-27-21;14-4-6-16-12-9-18-10(7-11(12)15)8-19-13-3-1-2-5-17-13;10-8(11)5-3-6-7(4-9-5)13-2-1-12-6;10-5-6-3-7-8(4-9-6)12-2-1-11-7;7-2-4-1-5(8)6(9)3-10-4/h5-8,12,14,21,23H,2-4,9-11,13,15H2,1H3;7,9,13-14H,1-6,8H2;3-4H,1-2H2,(H,10,11);3-4,10H,1-2,5H2;1,3,7,9H,2H2. The van der Waals surface area contributed by atoms with Gasteiger partial charge >= 0.3 is 5.97 Å². The molecular formula is C56H67N3O23. The highest BCUT2D eigenvalue weighted by Gasteiger charge is 2.19. The number of aromatic carboxylic acids is 1. The van der Waals surface area contributed by atoms with Gasteiger partial charge in [-0.3, -0.25) is 19.4 Å². The largest absolute Gasteiger partial charge is 0.502 e. The van der Waals surface area contributed by atoms with E-state index in [0.717, 1.165) is 67.9 Å². The highest BCUT2D eigenvalue weighted by molar-refractivity contribution is 5.86. The second-order valence-electron chi connectivity index (χ2n) is 17.7. The maximum absolute atomic E-state index is 12.4. The summed E-state index contributed by atoms with van der Waals surface area (Å²) in [5.41, 5.74) is 1.28. The number of hydrogen-bond acceptors (Lipinski definition) is 24. The Labute approximate surface area is 469 Å². The molecule has 2 atom stereocenters. The first-order chi connectivity index (χ1) is 39.9. The molecule has 2 saturated heterocycles. The van der Waals surface area contributed by atoms with Gasteiger partial charge in [0.15, 0.2) is 52.8 Å². The highest BCUT2D eigenvalue weighted by atomic mass is 16.7. The van der Waals surface area contributed by atoms with E-state index in [9.17, 15) is 19.2 Å². The van der Waals surface area contributed by atoms with Crippen LogP contribution in [0.25, 0.3) is 0 Å². The number of rotatable bonds is 18. The van der Waals surface area contributed by atoms with Crippen molar-refractivity contribution < 1.29 is 96.4 Å². The number of aliphatic hydroxyl groups is 4. The molecular weight excluding hydrogens is 1080 g/mol. The van der Waals surface area contributed by atoms with E-state index in [4.69, 9.17) is 87.2 Å². The van der Waals surface area contributed by atoms with Crippen LogP contribution in [-0.4, -0.2) is 137 Å². The van der Waals surface area contributed by atoms with Crippen LogP contribution < -0.4 is 49.4 Å². The maximum Gasteiger partial charge on any atom is 0.354 e. The van der Waals surface area contributed by atoms with E-state index in [1.807, 2.05) is 28.8 Å². The Morgan fingerprint density at radius 3 is 1.77 bits per heavy atom. The van der Waals surface area contributed by atoms with Crippen molar-refractivity contribution in [2.24, 2.45) is 0 Å². The fourth-order valence-corrected chi connectivity index (χ4v) is 7.54. The molecule has 82 heavy (non-hydrogen) atoms. The van der Waals surface area contributed by atoms with E-state index in [2.05, 4.69) is 14.4 Å². The maximum atomic E-state index is 12.4. The van der Waals surface area contributed by atoms with Crippen LogP contribution in [0.5, 0.6) is 46.0 Å². The van der Waals surface area contributed by atoms with Crippen molar-refractivity contribution in [1.29, 1.82) is 0 Å². The minimum Gasteiger partial charge on any atom is -0.502 e. The van der Waals surface area contributed by atoms with Gasteiger partial charge in [-0.2, -0.15) is 0 Å². The van der Waals surface area contributed by atoms with Crippen LogP contribution in [0.3, 0.4) is 0 Å². The van der Waals surface area contributed by atoms with E-state index in [-0.39, 0.29) is 99.2 Å². The number of benzene rings is 1. The van der Waals surface area contributed by atoms with Crippen LogP contribution in [-0.2, 0) is 51.9 Å². The molecule has 444 valence electrons. The summed E-state index contributed by atoms with van der Waals surface area (Å²) in [6, 6.07) is 14.7. The zero-order valence-corrected chi connectivity index (χ0v) is 45.1. The topological polar surface area (TPSA) is 348 Å². The van der Waals surface area contributed by atoms with Gasteiger partial charge in [-0.05, 0) is 56.2 Å². The molecule has 0 aliphatic carbocycles. The normalized spacial score (nSPS) is 15.7. The number of fused-ring (bicyclic) bond motifs is 2. The Morgan fingerprint density at radius 2 is 1.21 bits per heavy atom. The minimum absolute atomic E-state index is 0.0377. The lowest BCUT2D eigenvalue weighted by atomic mass is 10.2. The lowest BCUT2D eigenvalue weighted by Crippen LogP contribution is -2.24. The number of ether oxygens (including phenoxy) is 11. The first-order valence-electron chi connectivity index (χ1n) is 26.1. The van der Waals surface area contributed by atoms with Crippen molar-refractivity contribution in [2.75, 3.05) is 73.2 Å². The molecule has 10 rings (SSSR count). The summed E-state index contributed by atoms with van der Waals surface area (Å²) in [5.74, 6) is 2.39. The third-order valence-corrected chi connectivity index (χ3v) is 11.7. The fraction of sp³-hybridized carbons (Fsp3) is 0.429. The highest BCUT2D eigenvalue weighted by Crippen LogP contribution is 2.30. The van der Waals surface area contributed by atoms with E-state index >= 15 is 0 Å². The Bertz CT molecular complexity index is 3060. The molecule has 1 aromatic carbocycles. The number of aromatic hydroxyl groups is 1. The van der Waals surface area contributed by atoms with E-state index < -0.39 is 17.1 Å². The van der Waals surface area contributed by atoms with Crippen LogP contribution in [0.15, 0.2) is 109 Å². The summed E-state index contributed by atoms with van der Waals surface area (Å²) in [5, 5.41) is 52.1. The second-order valence-corrected chi connectivity index (χ2v) is 17.7. The number of pyridine rings is 3. The summed E-state index contributed by atoms with van der Waals surface area (Å²) in [7, 11) is 1.63. The van der Waals surface area contributed by atoms with Gasteiger partial charge < -0.3 is 96.1 Å². The van der Waals surface area contributed by atoms with Gasteiger partial charge in [-0.25, -0.2) is 9.78 Å². The second kappa shape index (κ2) is 34.3. The fourth-order valence-electron chi connectivity index (χ4n) is 7.54. The molecule has 6 aromatic rings. The first kappa shape index (κ1) is 63.1. The van der Waals surface area contributed by atoms with Crippen molar-refractivity contribution in [1.82, 2.24) is 14.5 Å². The number of hydrogen-bond donors (Lipinski definition) is 6. The summed E-state index contributed by atoms with van der Waals surface area (Å²) in [6.07, 6.45) is 12.3. The SMILES string of the molecule is COc1ccc(Cn2cc(OCCO)c(=O)cc2COC2CCCCO2)cc1.O=C(O)c1cc2c(cn1)OCCO2.O=c1cc(CO)occ1O.O=c1cc(COC2CCCCO2)occ1OCCO.OCc1cc2c(cn1)OCCO2. The van der Waals surface area contributed by atoms with Gasteiger partial charge in [0.1, 0.15) is 82.7 Å². The number of nitrogens with zero attached hydrogens (tertiary/aromatic N) is 3. The molecule has 2 unspecified atom stereocenters. The molecule has 26 nitrogen and oxygen atoms in total.